The number of hydrogen-bond donors (Lipinski definition) is 4. The molecule has 7 heteroatoms. The van der Waals surface area contributed by atoms with Crippen molar-refractivity contribution in [2.75, 3.05) is 19.7 Å². The van der Waals surface area contributed by atoms with Crippen LogP contribution in [0.15, 0.2) is 0 Å². The molecule has 0 aliphatic carbocycles. The van der Waals surface area contributed by atoms with Crippen LogP contribution in [0.25, 0.3) is 0 Å². The van der Waals surface area contributed by atoms with Gasteiger partial charge in [-0.1, -0.05) is 0 Å². The molecule has 110 valence electrons. The van der Waals surface area contributed by atoms with E-state index in [4.69, 9.17) is 9.84 Å². The number of hydrogen-bond acceptors (Lipinski definition) is 4. The molecule has 0 saturated carbocycles. The zero-order valence-corrected chi connectivity index (χ0v) is 11.1. The van der Waals surface area contributed by atoms with Crippen LogP contribution in [-0.2, 0) is 9.53 Å². The lowest BCUT2D eigenvalue weighted by Crippen LogP contribution is -2.49. The number of carboxylic acids is 1. The summed E-state index contributed by atoms with van der Waals surface area (Å²) in [4.78, 5) is 22.0. The van der Waals surface area contributed by atoms with Gasteiger partial charge in [0, 0.05) is 13.2 Å². The van der Waals surface area contributed by atoms with Crippen molar-refractivity contribution in [2.45, 2.75) is 44.3 Å². The Morgan fingerprint density at radius 2 is 2.11 bits per heavy atom. The monoisotopic (exact) mass is 274 g/mol. The second-order valence-electron chi connectivity index (χ2n) is 4.97. The minimum atomic E-state index is -1.95. The third-order valence-corrected chi connectivity index (χ3v) is 3.08. The van der Waals surface area contributed by atoms with Gasteiger partial charge in [-0.2, -0.15) is 0 Å². The van der Waals surface area contributed by atoms with Crippen molar-refractivity contribution >= 4 is 12.0 Å². The number of nitrogens with one attached hydrogen (secondary N) is 2. The first-order valence-corrected chi connectivity index (χ1v) is 6.51. The molecule has 4 N–H and O–H groups in total. The summed E-state index contributed by atoms with van der Waals surface area (Å²) in [6.45, 7) is 2.03. The van der Waals surface area contributed by atoms with Gasteiger partial charge in [-0.15, -0.1) is 0 Å². The summed E-state index contributed by atoms with van der Waals surface area (Å²) in [7, 11) is 0. The van der Waals surface area contributed by atoms with Crippen LogP contribution in [0.5, 0.6) is 0 Å². The van der Waals surface area contributed by atoms with Crippen LogP contribution in [-0.4, -0.2) is 53.6 Å². The Morgan fingerprint density at radius 1 is 1.37 bits per heavy atom. The first-order chi connectivity index (χ1) is 8.92. The molecule has 1 fully saturated rings. The van der Waals surface area contributed by atoms with Gasteiger partial charge in [0.25, 0.3) is 0 Å². The van der Waals surface area contributed by atoms with Crippen LogP contribution in [0.3, 0.4) is 0 Å². The van der Waals surface area contributed by atoms with Crippen molar-refractivity contribution in [3.8, 4) is 0 Å². The maximum Gasteiger partial charge on any atom is 0.337 e. The molecule has 2 atom stereocenters. The molecule has 1 rings (SSSR count). The molecule has 0 aromatic rings. The van der Waals surface area contributed by atoms with Crippen molar-refractivity contribution in [3.05, 3.63) is 0 Å². The molecular formula is C12H22N2O5. The summed E-state index contributed by atoms with van der Waals surface area (Å²) in [5.74, 6) is -1.37. The van der Waals surface area contributed by atoms with Crippen LogP contribution in [0, 0.1) is 0 Å². The van der Waals surface area contributed by atoms with Crippen LogP contribution in [0.1, 0.15) is 32.6 Å². The van der Waals surface area contributed by atoms with Gasteiger partial charge in [0.1, 0.15) is 0 Å². The van der Waals surface area contributed by atoms with Crippen molar-refractivity contribution in [1.82, 2.24) is 10.6 Å². The number of carbonyl (C=O) groups is 2. The molecule has 1 aliphatic rings. The van der Waals surface area contributed by atoms with Crippen LogP contribution >= 0.6 is 0 Å². The first-order valence-electron chi connectivity index (χ1n) is 6.51. The highest BCUT2D eigenvalue weighted by Crippen LogP contribution is 2.14. The van der Waals surface area contributed by atoms with Crippen molar-refractivity contribution in [2.24, 2.45) is 0 Å². The maximum atomic E-state index is 11.4. The molecule has 0 bridgehead atoms. The number of ether oxygens (including phenoxy) is 1. The summed E-state index contributed by atoms with van der Waals surface area (Å²) < 4.78 is 5.52. The number of aliphatic hydroxyl groups is 1. The zero-order valence-electron chi connectivity index (χ0n) is 11.1. The van der Waals surface area contributed by atoms with E-state index in [9.17, 15) is 14.7 Å². The largest absolute Gasteiger partial charge is 0.479 e. The van der Waals surface area contributed by atoms with Gasteiger partial charge in [0.15, 0.2) is 5.60 Å². The highest BCUT2D eigenvalue weighted by molar-refractivity contribution is 5.79. The van der Waals surface area contributed by atoms with Gasteiger partial charge in [0.2, 0.25) is 0 Å². The van der Waals surface area contributed by atoms with E-state index >= 15 is 0 Å². The lowest BCUT2D eigenvalue weighted by atomic mass is 10.1. The maximum absolute atomic E-state index is 11.4. The molecule has 7 nitrogen and oxygen atoms in total. The van der Waals surface area contributed by atoms with E-state index in [2.05, 4.69) is 10.6 Å². The summed E-state index contributed by atoms with van der Waals surface area (Å²) in [5, 5.41) is 23.0. The van der Waals surface area contributed by atoms with Crippen LogP contribution < -0.4 is 10.6 Å². The molecule has 2 unspecified atom stereocenters. The zero-order chi connectivity index (χ0) is 14.3. The Labute approximate surface area is 112 Å². The molecule has 19 heavy (non-hydrogen) atoms. The average Bonchev–Trinajstić information content (AvgIpc) is 2.37. The van der Waals surface area contributed by atoms with Gasteiger partial charge in [-0.25, -0.2) is 9.59 Å². The fourth-order valence-corrected chi connectivity index (χ4v) is 1.77. The highest BCUT2D eigenvalue weighted by Gasteiger charge is 2.30. The van der Waals surface area contributed by atoms with Crippen molar-refractivity contribution in [3.63, 3.8) is 0 Å². The van der Waals surface area contributed by atoms with Gasteiger partial charge >= 0.3 is 12.0 Å². The Morgan fingerprint density at radius 3 is 2.68 bits per heavy atom. The SMILES string of the molecule is CC(O)(CNC(=O)NCCC1CCCCO1)C(=O)O. The van der Waals surface area contributed by atoms with Gasteiger partial charge in [0.05, 0.1) is 12.6 Å². The van der Waals surface area contributed by atoms with Crippen molar-refractivity contribution < 1.29 is 24.5 Å². The molecule has 0 radical (unpaired) electrons. The quantitative estimate of drug-likeness (QED) is 0.548. The lowest BCUT2D eigenvalue weighted by molar-refractivity contribution is -0.155. The van der Waals surface area contributed by atoms with E-state index in [0.717, 1.165) is 39.2 Å². The number of amides is 2. The number of urea groups is 1. The van der Waals surface area contributed by atoms with Gasteiger partial charge in [-0.05, 0) is 32.6 Å². The molecular weight excluding hydrogens is 252 g/mol. The lowest BCUT2D eigenvalue weighted by Gasteiger charge is -2.23. The number of aliphatic carboxylic acids is 1. The Balaban J connectivity index is 2.12. The molecule has 1 aliphatic heterocycles. The van der Waals surface area contributed by atoms with E-state index in [0.29, 0.717) is 6.54 Å². The van der Waals surface area contributed by atoms with E-state index < -0.39 is 17.6 Å². The third-order valence-electron chi connectivity index (χ3n) is 3.08. The van der Waals surface area contributed by atoms with Crippen molar-refractivity contribution in [1.29, 1.82) is 0 Å². The molecule has 0 aromatic carbocycles. The smallest absolute Gasteiger partial charge is 0.337 e. The number of carboxylic acid groups (broad SMARTS) is 1. The Kier molecular flexibility index (Phi) is 6.04. The Hall–Kier alpha value is -1.34. The number of carbonyl (C=O) groups excluding carboxylic acids is 1. The second kappa shape index (κ2) is 7.30. The molecule has 2 amide bonds. The first kappa shape index (κ1) is 15.7. The summed E-state index contributed by atoms with van der Waals surface area (Å²) in [6, 6.07) is -0.489. The highest BCUT2D eigenvalue weighted by atomic mass is 16.5. The van der Waals surface area contributed by atoms with Gasteiger partial charge in [-0.3, -0.25) is 0 Å². The van der Waals surface area contributed by atoms with Gasteiger partial charge < -0.3 is 25.6 Å². The summed E-state index contributed by atoms with van der Waals surface area (Å²) in [5.41, 5.74) is -1.95. The third kappa shape index (κ3) is 5.89. The Bertz CT molecular complexity index is 313. The van der Waals surface area contributed by atoms with E-state index in [1.165, 1.54) is 0 Å². The predicted molar refractivity (Wildman–Crippen MR) is 67.9 cm³/mol. The second-order valence-corrected chi connectivity index (χ2v) is 4.97. The minimum absolute atomic E-state index is 0.191. The molecule has 1 heterocycles. The number of rotatable bonds is 6. The van der Waals surface area contributed by atoms with E-state index in [-0.39, 0.29) is 12.6 Å². The molecule has 0 spiro atoms. The average molecular weight is 274 g/mol. The van der Waals surface area contributed by atoms with E-state index in [1.54, 1.807) is 0 Å². The normalized spacial score (nSPS) is 22.3. The van der Waals surface area contributed by atoms with Crippen LogP contribution in [0.2, 0.25) is 0 Å². The molecule has 1 saturated heterocycles. The van der Waals surface area contributed by atoms with Crippen LogP contribution in [0.4, 0.5) is 4.79 Å². The minimum Gasteiger partial charge on any atom is -0.479 e. The standard InChI is InChI=1S/C12H22N2O5/c1-12(18,10(15)16)8-14-11(17)13-6-5-9-4-2-3-7-19-9/h9,18H,2-8H2,1H3,(H,15,16)(H2,13,14,17). The fourth-order valence-electron chi connectivity index (χ4n) is 1.77. The van der Waals surface area contributed by atoms with E-state index in [1.807, 2.05) is 0 Å². The predicted octanol–water partition coefficient (Wildman–Crippen LogP) is 0.0804. The fraction of sp³-hybridized carbons (Fsp3) is 0.833. The molecule has 0 aromatic heterocycles. The topological polar surface area (TPSA) is 108 Å². The summed E-state index contributed by atoms with van der Waals surface area (Å²) >= 11 is 0. The summed E-state index contributed by atoms with van der Waals surface area (Å²) in [6.07, 6.45) is 4.18.